The zero-order valence-corrected chi connectivity index (χ0v) is 11.8. The average molecular weight is 270 g/mol. The Kier molecular flexibility index (Phi) is 4.77. The molecule has 0 aromatic heterocycles. The van der Waals surface area contributed by atoms with Crippen LogP contribution in [0.3, 0.4) is 0 Å². The van der Waals surface area contributed by atoms with Gasteiger partial charge in [-0.25, -0.2) is 0 Å². The highest BCUT2D eigenvalue weighted by molar-refractivity contribution is 5.84. The van der Waals surface area contributed by atoms with Gasteiger partial charge in [0.2, 0.25) is 0 Å². The highest BCUT2D eigenvalue weighted by Gasteiger charge is 2.11. The van der Waals surface area contributed by atoms with Crippen LogP contribution in [-0.4, -0.2) is 20.5 Å². The number of hydrogen-bond donors (Lipinski definition) is 0. The maximum absolute atomic E-state index is 11.1. The average Bonchev–Trinajstić information content (AvgIpc) is 2.52. The number of aryl methyl sites for hydroxylation is 2. The van der Waals surface area contributed by atoms with E-state index in [0.717, 1.165) is 24.7 Å². The number of carbonyl (C=O) groups is 1. The molecule has 0 unspecified atom stereocenters. The summed E-state index contributed by atoms with van der Waals surface area (Å²) in [7, 11) is 3.12. The Morgan fingerprint density at radius 3 is 1.95 bits per heavy atom. The maximum Gasteiger partial charge on any atom is 0.157 e. The summed E-state index contributed by atoms with van der Waals surface area (Å²) in [6.07, 6.45) is 2.57. The fourth-order valence-corrected chi connectivity index (χ4v) is 2.19. The lowest BCUT2D eigenvalue weighted by atomic mass is 10.0. The minimum atomic E-state index is 0.457. The van der Waals surface area contributed by atoms with Crippen molar-refractivity contribution in [3.05, 3.63) is 59.2 Å². The number of rotatable bonds is 6. The SMILES string of the molecule is COc1cc(CCc2ccccc2)cc(OC)c1C=O. The van der Waals surface area contributed by atoms with Crippen molar-refractivity contribution in [3.63, 3.8) is 0 Å². The van der Waals surface area contributed by atoms with Gasteiger partial charge >= 0.3 is 0 Å². The minimum Gasteiger partial charge on any atom is -0.496 e. The predicted octanol–water partition coefficient (Wildman–Crippen LogP) is 3.30. The molecule has 104 valence electrons. The van der Waals surface area contributed by atoms with Gasteiger partial charge in [-0.05, 0) is 36.1 Å². The minimum absolute atomic E-state index is 0.457. The molecule has 0 aliphatic rings. The zero-order chi connectivity index (χ0) is 14.4. The van der Waals surface area contributed by atoms with Gasteiger partial charge in [-0.1, -0.05) is 30.3 Å². The Labute approximate surface area is 119 Å². The molecule has 0 saturated carbocycles. The molecule has 0 bridgehead atoms. The Morgan fingerprint density at radius 2 is 1.45 bits per heavy atom. The molecule has 3 nitrogen and oxygen atoms in total. The third kappa shape index (κ3) is 3.18. The van der Waals surface area contributed by atoms with Gasteiger partial charge < -0.3 is 9.47 Å². The number of benzene rings is 2. The van der Waals surface area contributed by atoms with E-state index in [9.17, 15) is 4.79 Å². The fourth-order valence-electron chi connectivity index (χ4n) is 2.19. The summed E-state index contributed by atoms with van der Waals surface area (Å²) in [5, 5.41) is 0. The second-order valence-electron chi connectivity index (χ2n) is 4.52. The first-order valence-corrected chi connectivity index (χ1v) is 6.52. The molecular weight excluding hydrogens is 252 g/mol. The van der Waals surface area contributed by atoms with E-state index in [0.29, 0.717) is 17.1 Å². The molecular formula is C17H18O3. The molecule has 0 radical (unpaired) electrons. The van der Waals surface area contributed by atoms with Gasteiger partial charge in [0.25, 0.3) is 0 Å². The molecule has 0 amide bonds. The van der Waals surface area contributed by atoms with Crippen molar-refractivity contribution in [2.45, 2.75) is 12.8 Å². The molecule has 2 aromatic rings. The molecule has 0 heterocycles. The van der Waals surface area contributed by atoms with Gasteiger partial charge in [0, 0.05) is 0 Å². The van der Waals surface area contributed by atoms with Crippen LogP contribution in [0.1, 0.15) is 21.5 Å². The van der Waals surface area contributed by atoms with E-state index in [1.54, 1.807) is 14.2 Å². The summed E-state index contributed by atoms with van der Waals surface area (Å²) >= 11 is 0. The molecule has 20 heavy (non-hydrogen) atoms. The van der Waals surface area contributed by atoms with Gasteiger partial charge in [0.05, 0.1) is 19.8 Å². The standard InChI is InChI=1S/C17H18O3/c1-19-16-10-14(11-17(20-2)15(16)12-18)9-8-13-6-4-3-5-7-13/h3-7,10-12H,8-9H2,1-2H3. The van der Waals surface area contributed by atoms with Crippen LogP contribution in [0.5, 0.6) is 11.5 Å². The van der Waals surface area contributed by atoms with E-state index >= 15 is 0 Å². The number of methoxy groups -OCH3 is 2. The maximum atomic E-state index is 11.1. The van der Waals surface area contributed by atoms with Crippen molar-refractivity contribution in [2.24, 2.45) is 0 Å². The molecule has 0 aliphatic carbocycles. The molecule has 0 aliphatic heterocycles. The van der Waals surface area contributed by atoms with Crippen molar-refractivity contribution < 1.29 is 14.3 Å². The Balaban J connectivity index is 2.22. The van der Waals surface area contributed by atoms with E-state index in [1.165, 1.54) is 5.56 Å². The van der Waals surface area contributed by atoms with Crippen molar-refractivity contribution in [1.82, 2.24) is 0 Å². The van der Waals surface area contributed by atoms with E-state index in [1.807, 2.05) is 30.3 Å². The van der Waals surface area contributed by atoms with Crippen LogP contribution >= 0.6 is 0 Å². The lowest BCUT2D eigenvalue weighted by Crippen LogP contribution is -1.99. The lowest BCUT2D eigenvalue weighted by Gasteiger charge is -2.12. The van der Waals surface area contributed by atoms with Crippen LogP contribution in [0.25, 0.3) is 0 Å². The van der Waals surface area contributed by atoms with Gasteiger partial charge in [-0.3, -0.25) is 4.79 Å². The largest absolute Gasteiger partial charge is 0.496 e. The Bertz CT molecular complexity index is 551. The van der Waals surface area contributed by atoms with Gasteiger partial charge in [0.15, 0.2) is 6.29 Å². The third-order valence-electron chi connectivity index (χ3n) is 3.27. The quantitative estimate of drug-likeness (QED) is 0.755. The highest BCUT2D eigenvalue weighted by Crippen LogP contribution is 2.29. The Morgan fingerprint density at radius 1 is 0.900 bits per heavy atom. The summed E-state index contributed by atoms with van der Waals surface area (Å²) in [5.41, 5.74) is 2.83. The number of hydrogen-bond acceptors (Lipinski definition) is 3. The molecule has 0 N–H and O–H groups in total. The van der Waals surface area contributed by atoms with Crippen LogP contribution < -0.4 is 9.47 Å². The summed E-state index contributed by atoms with van der Waals surface area (Å²) < 4.78 is 10.5. The van der Waals surface area contributed by atoms with Crippen molar-refractivity contribution in [1.29, 1.82) is 0 Å². The third-order valence-corrected chi connectivity index (χ3v) is 3.27. The van der Waals surface area contributed by atoms with Crippen LogP contribution in [-0.2, 0) is 12.8 Å². The van der Waals surface area contributed by atoms with Crippen molar-refractivity contribution >= 4 is 6.29 Å². The van der Waals surface area contributed by atoms with Crippen molar-refractivity contribution in [2.75, 3.05) is 14.2 Å². The Hall–Kier alpha value is -2.29. The predicted molar refractivity (Wildman–Crippen MR) is 78.8 cm³/mol. The second-order valence-corrected chi connectivity index (χ2v) is 4.52. The smallest absolute Gasteiger partial charge is 0.157 e. The van der Waals surface area contributed by atoms with Crippen LogP contribution in [0.2, 0.25) is 0 Å². The first-order valence-electron chi connectivity index (χ1n) is 6.52. The number of carbonyl (C=O) groups excluding carboxylic acids is 1. The first kappa shape index (κ1) is 14.1. The number of ether oxygens (including phenoxy) is 2. The molecule has 0 spiro atoms. The summed E-state index contributed by atoms with van der Waals surface area (Å²) in [4.78, 5) is 11.1. The van der Waals surface area contributed by atoms with E-state index < -0.39 is 0 Å². The molecule has 3 heteroatoms. The highest BCUT2D eigenvalue weighted by atomic mass is 16.5. The lowest BCUT2D eigenvalue weighted by molar-refractivity contribution is 0.111. The first-order chi connectivity index (χ1) is 9.78. The van der Waals surface area contributed by atoms with Gasteiger partial charge in [-0.2, -0.15) is 0 Å². The summed E-state index contributed by atoms with van der Waals surface area (Å²) in [6.45, 7) is 0. The normalized spacial score (nSPS) is 10.1. The zero-order valence-electron chi connectivity index (χ0n) is 11.8. The van der Waals surface area contributed by atoms with Crippen molar-refractivity contribution in [3.8, 4) is 11.5 Å². The number of aldehydes is 1. The van der Waals surface area contributed by atoms with Crippen LogP contribution in [0.15, 0.2) is 42.5 Å². The molecule has 0 saturated heterocycles. The van der Waals surface area contributed by atoms with E-state index in [-0.39, 0.29) is 0 Å². The fraction of sp³-hybridized carbons (Fsp3) is 0.235. The monoisotopic (exact) mass is 270 g/mol. The van der Waals surface area contributed by atoms with Crippen LogP contribution in [0, 0.1) is 0 Å². The van der Waals surface area contributed by atoms with E-state index in [2.05, 4.69) is 12.1 Å². The topological polar surface area (TPSA) is 35.5 Å². The molecule has 2 rings (SSSR count). The molecule has 0 fully saturated rings. The molecule has 0 atom stereocenters. The summed E-state index contributed by atoms with van der Waals surface area (Å²) in [6, 6.07) is 14.1. The van der Waals surface area contributed by atoms with Gasteiger partial charge in [0.1, 0.15) is 11.5 Å². The van der Waals surface area contributed by atoms with Gasteiger partial charge in [-0.15, -0.1) is 0 Å². The second kappa shape index (κ2) is 6.75. The molecule has 2 aromatic carbocycles. The van der Waals surface area contributed by atoms with Crippen LogP contribution in [0.4, 0.5) is 0 Å². The summed E-state index contributed by atoms with van der Waals surface area (Å²) in [5.74, 6) is 1.12. The van der Waals surface area contributed by atoms with E-state index in [4.69, 9.17) is 9.47 Å².